The molecule has 1 saturated carbocycles. The van der Waals surface area contributed by atoms with Gasteiger partial charge >= 0.3 is 0 Å². The monoisotopic (exact) mass is 327 g/mol. The molecule has 0 heterocycles. The summed E-state index contributed by atoms with van der Waals surface area (Å²) in [6, 6.07) is 6.08. The first-order chi connectivity index (χ1) is 10.1. The minimum atomic E-state index is 0.649. The Hall–Kier alpha value is -0.240. The van der Waals surface area contributed by atoms with E-state index < -0.39 is 0 Å². The van der Waals surface area contributed by atoms with Gasteiger partial charge in [0.05, 0.1) is 10.0 Å². The smallest absolute Gasteiger partial charge is 0.0595 e. The van der Waals surface area contributed by atoms with Crippen LogP contribution in [0.15, 0.2) is 18.2 Å². The maximum atomic E-state index is 6.16. The molecule has 0 radical (unpaired) electrons. The molecule has 21 heavy (non-hydrogen) atoms. The van der Waals surface area contributed by atoms with Crippen LogP contribution in [-0.4, -0.2) is 13.1 Å². The van der Waals surface area contributed by atoms with E-state index in [1.54, 1.807) is 0 Å². The SMILES string of the molecule is CC(C)CNCC(Cc1ccc(Cl)c(Cl)c1)C1CCCC1. The largest absolute Gasteiger partial charge is 0.316 e. The zero-order valence-corrected chi connectivity index (χ0v) is 14.7. The van der Waals surface area contributed by atoms with Crippen LogP contribution in [0.25, 0.3) is 0 Å². The molecule has 1 N–H and O–H groups in total. The van der Waals surface area contributed by atoms with Crippen molar-refractivity contribution in [2.45, 2.75) is 46.0 Å². The van der Waals surface area contributed by atoms with Gasteiger partial charge in [-0.25, -0.2) is 0 Å². The van der Waals surface area contributed by atoms with Crippen molar-refractivity contribution in [2.75, 3.05) is 13.1 Å². The average molecular weight is 328 g/mol. The second-order valence-corrected chi connectivity index (χ2v) is 7.62. The molecule has 1 unspecified atom stereocenters. The van der Waals surface area contributed by atoms with Crippen LogP contribution in [-0.2, 0) is 6.42 Å². The van der Waals surface area contributed by atoms with Gasteiger partial charge in [-0.1, -0.05) is 68.8 Å². The van der Waals surface area contributed by atoms with Crippen LogP contribution < -0.4 is 5.32 Å². The van der Waals surface area contributed by atoms with Crippen molar-refractivity contribution in [1.29, 1.82) is 0 Å². The van der Waals surface area contributed by atoms with Crippen molar-refractivity contribution in [1.82, 2.24) is 5.32 Å². The molecule has 0 amide bonds. The van der Waals surface area contributed by atoms with Crippen LogP contribution in [0.2, 0.25) is 10.0 Å². The lowest BCUT2D eigenvalue weighted by Crippen LogP contribution is -2.31. The number of hydrogen-bond donors (Lipinski definition) is 1. The van der Waals surface area contributed by atoms with Gasteiger partial charge in [0.2, 0.25) is 0 Å². The third kappa shape index (κ3) is 5.47. The lowest BCUT2D eigenvalue weighted by Gasteiger charge is -2.25. The molecule has 0 aliphatic heterocycles. The first-order valence-electron chi connectivity index (χ1n) is 8.21. The Bertz CT molecular complexity index is 439. The molecule has 118 valence electrons. The van der Waals surface area contributed by atoms with Crippen LogP contribution >= 0.6 is 23.2 Å². The van der Waals surface area contributed by atoms with Crippen LogP contribution in [0.3, 0.4) is 0 Å². The van der Waals surface area contributed by atoms with Gasteiger partial charge in [-0.05, 0) is 55.0 Å². The normalized spacial score (nSPS) is 17.6. The Morgan fingerprint density at radius 1 is 1.10 bits per heavy atom. The summed E-state index contributed by atoms with van der Waals surface area (Å²) in [4.78, 5) is 0. The van der Waals surface area contributed by atoms with Gasteiger partial charge in [0.15, 0.2) is 0 Å². The zero-order valence-electron chi connectivity index (χ0n) is 13.2. The maximum absolute atomic E-state index is 6.16. The fourth-order valence-electron chi connectivity index (χ4n) is 3.36. The maximum Gasteiger partial charge on any atom is 0.0595 e. The summed E-state index contributed by atoms with van der Waals surface area (Å²) >= 11 is 12.2. The van der Waals surface area contributed by atoms with E-state index in [2.05, 4.69) is 25.2 Å². The van der Waals surface area contributed by atoms with Crippen molar-refractivity contribution < 1.29 is 0 Å². The molecule has 1 atom stereocenters. The predicted molar refractivity (Wildman–Crippen MR) is 93.3 cm³/mol. The molecular weight excluding hydrogens is 301 g/mol. The fourth-order valence-corrected chi connectivity index (χ4v) is 3.68. The summed E-state index contributed by atoms with van der Waals surface area (Å²) in [5, 5.41) is 4.97. The number of hydrogen-bond acceptors (Lipinski definition) is 1. The van der Waals surface area contributed by atoms with E-state index in [0.29, 0.717) is 21.9 Å². The summed E-state index contributed by atoms with van der Waals surface area (Å²) in [5.74, 6) is 2.28. The third-order valence-corrected chi connectivity index (χ3v) is 5.25. The lowest BCUT2D eigenvalue weighted by atomic mass is 9.85. The molecule has 1 aliphatic rings. The summed E-state index contributed by atoms with van der Waals surface area (Å²) in [6.07, 6.45) is 6.66. The van der Waals surface area contributed by atoms with Crippen molar-refractivity contribution >= 4 is 23.2 Å². The van der Waals surface area contributed by atoms with E-state index in [0.717, 1.165) is 25.4 Å². The Kier molecular flexibility index (Phi) is 6.85. The van der Waals surface area contributed by atoms with E-state index in [9.17, 15) is 0 Å². The Morgan fingerprint density at radius 3 is 2.43 bits per heavy atom. The van der Waals surface area contributed by atoms with Gasteiger partial charge in [0, 0.05) is 0 Å². The van der Waals surface area contributed by atoms with Crippen molar-refractivity contribution in [2.24, 2.45) is 17.8 Å². The first kappa shape index (κ1) is 17.1. The molecular formula is C18H27Cl2N. The molecule has 0 spiro atoms. The molecule has 0 saturated heterocycles. The molecule has 2 rings (SSSR count). The molecule has 1 aliphatic carbocycles. The van der Waals surface area contributed by atoms with Crippen LogP contribution in [0.4, 0.5) is 0 Å². The summed E-state index contributed by atoms with van der Waals surface area (Å²) in [6.45, 7) is 6.74. The second kappa shape index (κ2) is 8.41. The van der Waals surface area contributed by atoms with Crippen molar-refractivity contribution in [3.63, 3.8) is 0 Å². The average Bonchev–Trinajstić information content (AvgIpc) is 2.95. The fraction of sp³-hybridized carbons (Fsp3) is 0.667. The van der Waals surface area contributed by atoms with E-state index in [1.165, 1.54) is 31.2 Å². The highest BCUT2D eigenvalue weighted by Crippen LogP contribution is 2.34. The third-order valence-electron chi connectivity index (χ3n) is 4.51. The zero-order chi connectivity index (χ0) is 15.2. The second-order valence-electron chi connectivity index (χ2n) is 6.81. The van der Waals surface area contributed by atoms with Gasteiger partial charge in [-0.3, -0.25) is 0 Å². The van der Waals surface area contributed by atoms with Crippen molar-refractivity contribution in [3.8, 4) is 0 Å². The van der Waals surface area contributed by atoms with Crippen LogP contribution in [0, 0.1) is 17.8 Å². The van der Waals surface area contributed by atoms with E-state index in [4.69, 9.17) is 23.2 Å². The molecule has 1 nitrogen and oxygen atoms in total. The molecule has 3 heteroatoms. The molecule has 1 aromatic carbocycles. The van der Waals surface area contributed by atoms with Crippen molar-refractivity contribution in [3.05, 3.63) is 33.8 Å². The Labute approximate surface area is 139 Å². The topological polar surface area (TPSA) is 12.0 Å². The Balaban J connectivity index is 1.98. The van der Waals surface area contributed by atoms with Crippen LogP contribution in [0.5, 0.6) is 0 Å². The van der Waals surface area contributed by atoms with Gasteiger partial charge < -0.3 is 5.32 Å². The number of halogens is 2. The van der Waals surface area contributed by atoms with E-state index in [-0.39, 0.29) is 0 Å². The molecule has 0 aromatic heterocycles. The number of benzene rings is 1. The highest BCUT2D eigenvalue weighted by Gasteiger charge is 2.25. The minimum absolute atomic E-state index is 0.649. The van der Waals surface area contributed by atoms with E-state index in [1.807, 2.05) is 12.1 Å². The highest BCUT2D eigenvalue weighted by atomic mass is 35.5. The highest BCUT2D eigenvalue weighted by molar-refractivity contribution is 6.42. The Morgan fingerprint density at radius 2 is 1.81 bits per heavy atom. The van der Waals surface area contributed by atoms with E-state index >= 15 is 0 Å². The minimum Gasteiger partial charge on any atom is -0.316 e. The molecule has 1 fully saturated rings. The summed E-state index contributed by atoms with van der Waals surface area (Å²) in [7, 11) is 0. The van der Waals surface area contributed by atoms with Gasteiger partial charge in [-0.2, -0.15) is 0 Å². The summed E-state index contributed by atoms with van der Waals surface area (Å²) < 4.78 is 0. The predicted octanol–water partition coefficient (Wildman–Crippen LogP) is 5.59. The number of rotatable bonds is 7. The molecule has 1 aromatic rings. The molecule has 0 bridgehead atoms. The first-order valence-corrected chi connectivity index (χ1v) is 8.96. The standard InChI is InChI=1S/C18H27Cl2N/c1-13(2)11-21-12-16(15-5-3-4-6-15)9-14-7-8-17(19)18(20)10-14/h7-8,10,13,15-16,21H,3-6,9,11-12H2,1-2H3. The van der Waals surface area contributed by atoms with Gasteiger partial charge in [-0.15, -0.1) is 0 Å². The quantitative estimate of drug-likeness (QED) is 0.688. The summed E-state index contributed by atoms with van der Waals surface area (Å²) in [5.41, 5.74) is 1.31. The lowest BCUT2D eigenvalue weighted by molar-refractivity contribution is 0.316. The number of nitrogens with one attached hydrogen (secondary N) is 1. The van der Waals surface area contributed by atoms with Crippen LogP contribution in [0.1, 0.15) is 45.1 Å². The van der Waals surface area contributed by atoms with Gasteiger partial charge in [0.1, 0.15) is 0 Å². The van der Waals surface area contributed by atoms with Gasteiger partial charge in [0.25, 0.3) is 0 Å².